The van der Waals surface area contributed by atoms with Crippen molar-refractivity contribution in [3.63, 3.8) is 0 Å². The fourth-order valence-corrected chi connectivity index (χ4v) is 3.84. The predicted molar refractivity (Wildman–Crippen MR) is 103 cm³/mol. The molecule has 1 N–H and O–H groups in total. The van der Waals surface area contributed by atoms with E-state index in [-0.39, 0.29) is 5.91 Å². The fourth-order valence-electron chi connectivity index (χ4n) is 2.12. The minimum atomic E-state index is 0.0478. The van der Waals surface area contributed by atoms with Crippen molar-refractivity contribution in [2.24, 2.45) is 0 Å². The number of carbonyl (C=O) groups excluding carboxylic acids is 1. The summed E-state index contributed by atoms with van der Waals surface area (Å²) in [5.41, 5.74) is 0.990. The van der Waals surface area contributed by atoms with Gasteiger partial charge in [0.25, 0.3) is 0 Å². The van der Waals surface area contributed by atoms with Crippen molar-refractivity contribution in [2.75, 3.05) is 31.8 Å². The summed E-state index contributed by atoms with van der Waals surface area (Å²) in [4.78, 5) is 14.0. The summed E-state index contributed by atoms with van der Waals surface area (Å²) in [6.45, 7) is 3.57. The molecule has 2 rings (SSSR count). The largest absolute Gasteiger partial charge is 0.496 e. The molecule has 0 saturated heterocycles. The lowest BCUT2D eigenvalue weighted by atomic mass is 10.2. The molecule has 0 fully saturated rings. The molecular weight excluding hydrogens is 356 g/mol. The lowest BCUT2D eigenvalue weighted by molar-refractivity contribution is -0.127. The van der Waals surface area contributed by atoms with Crippen molar-refractivity contribution >= 4 is 34.1 Å². The van der Waals surface area contributed by atoms with Crippen LogP contribution < -0.4 is 10.1 Å². The average molecular weight is 381 g/mol. The molecule has 0 atom stereocenters. The highest BCUT2D eigenvalue weighted by atomic mass is 32.2. The summed E-state index contributed by atoms with van der Waals surface area (Å²) in [5, 5.41) is 12.3. The number of para-hydroxylation sites is 1. The summed E-state index contributed by atoms with van der Waals surface area (Å²) >= 11 is 2.91. The molecule has 0 spiro atoms. The topological polar surface area (TPSA) is 67.4 Å². The molecule has 1 heterocycles. The zero-order valence-electron chi connectivity index (χ0n) is 14.8. The summed E-state index contributed by atoms with van der Waals surface area (Å²) in [5.74, 6) is 1.18. The first-order chi connectivity index (χ1) is 12.1. The van der Waals surface area contributed by atoms with E-state index < -0.39 is 0 Å². The summed E-state index contributed by atoms with van der Waals surface area (Å²) in [7, 11) is 3.44. The van der Waals surface area contributed by atoms with Crippen molar-refractivity contribution in [1.29, 1.82) is 0 Å². The number of benzene rings is 1. The van der Waals surface area contributed by atoms with Gasteiger partial charge in [0.2, 0.25) is 11.0 Å². The van der Waals surface area contributed by atoms with Crippen LogP contribution in [0.1, 0.15) is 25.3 Å². The van der Waals surface area contributed by atoms with Crippen molar-refractivity contribution in [3.8, 4) is 5.75 Å². The normalized spacial score (nSPS) is 10.5. The van der Waals surface area contributed by atoms with Gasteiger partial charge < -0.3 is 15.0 Å². The number of aromatic nitrogens is 2. The molecule has 0 aliphatic rings. The van der Waals surface area contributed by atoms with Crippen LogP contribution in [-0.2, 0) is 11.3 Å². The van der Waals surface area contributed by atoms with E-state index in [2.05, 4.69) is 22.4 Å². The summed E-state index contributed by atoms with van der Waals surface area (Å²) in [6.07, 6.45) is 2.24. The zero-order valence-corrected chi connectivity index (χ0v) is 16.5. The van der Waals surface area contributed by atoms with Gasteiger partial charge in [-0.15, -0.1) is 10.2 Å². The predicted octanol–water partition coefficient (Wildman–Crippen LogP) is 3.51. The van der Waals surface area contributed by atoms with Crippen molar-refractivity contribution < 1.29 is 9.53 Å². The number of methoxy groups -OCH3 is 1. The molecule has 0 saturated carbocycles. The van der Waals surface area contributed by atoms with Crippen molar-refractivity contribution in [1.82, 2.24) is 15.1 Å². The SMILES string of the molecule is CCCCNc1nnc(SCC(=O)N(C)Cc2ccccc2OC)s1. The Bertz CT molecular complexity index is 678. The van der Waals surface area contributed by atoms with Crippen LogP contribution in [0, 0.1) is 0 Å². The van der Waals surface area contributed by atoms with E-state index in [1.165, 1.54) is 23.1 Å². The third kappa shape index (κ3) is 6.21. The number of carbonyl (C=O) groups is 1. The lowest BCUT2D eigenvalue weighted by Gasteiger charge is -2.18. The van der Waals surface area contributed by atoms with Gasteiger partial charge in [-0.2, -0.15) is 0 Å². The Hall–Kier alpha value is -1.80. The second-order valence-electron chi connectivity index (χ2n) is 5.50. The Morgan fingerprint density at radius 1 is 1.36 bits per heavy atom. The van der Waals surface area contributed by atoms with E-state index in [4.69, 9.17) is 4.74 Å². The maximum Gasteiger partial charge on any atom is 0.233 e. The van der Waals surface area contributed by atoms with Crippen LogP contribution in [0.4, 0.5) is 5.13 Å². The van der Waals surface area contributed by atoms with E-state index in [9.17, 15) is 4.79 Å². The van der Waals surface area contributed by atoms with Crippen LogP contribution in [0.2, 0.25) is 0 Å². The van der Waals surface area contributed by atoms with Crippen molar-refractivity contribution in [2.45, 2.75) is 30.6 Å². The van der Waals surface area contributed by atoms with Crippen LogP contribution in [0.15, 0.2) is 28.6 Å². The average Bonchev–Trinajstić information content (AvgIpc) is 3.08. The maximum atomic E-state index is 12.3. The zero-order chi connectivity index (χ0) is 18.1. The van der Waals surface area contributed by atoms with E-state index in [0.29, 0.717) is 12.3 Å². The Morgan fingerprint density at radius 3 is 2.92 bits per heavy atom. The Morgan fingerprint density at radius 2 is 2.16 bits per heavy atom. The number of unbranched alkanes of at least 4 members (excludes halogenated alkanes) is 1. The maximum absolute atomic E-state index is 12.3. The molecule has 2 aromatic rings. The van der Waals surface area contributed by atoms with Gasteiger partial charge in [0.05, 0.1) is 12.9 Å². The molecule has 0 unspecified atom stereocenters. The highest BCUT2D eigenvalue weighted by Crippen LogP contribution is 2.26. The van der Waals surface area contributed by atoms with Gasteiger partial charge in [-0.05, 0) is 12.5 Å². The first kappa shape index (κ1) is 19.5. The molecule has 0 radical (unpaired) electrons. The third-order valence-electron chi connectivity index (χ3n) is 3.56. The minimum Gasteiger partial charge on any atom is -0.496 e. The Kier molecular flexibility index (Phi) is 8.00. The molecule has 1 aromatic carbocycles. The monoisotopic (exact) mass is 380 g/mol. The number of amides is 1. The van der Waals surface area contributed by atoms with Gasteiger partial charge in [-0.3, -0.25) is 4.79 Å². The highest BCUT2D eigenvalue weighted by molar-refractivity contribution is 8.01. The molecule has 6 nitrogen and oxygen atoms in total. The molecule has 1 aromatic heterocycles. The molecule has 1 amide bonds. The van der Waals surface area contributed by atoms with Crippen LogP contribution in [0.25, 0.3) is 0 Å². The van der Waals surface area contributed by atoms with Gasteiger partial charge in [-0.1, -0.05) is 54.6 Å². The second-order valence-corrected chi connectivity index (χ2v) is 7.70. The number of nitrogens with zero attached hydrogens (tertiary/aromatic N) is 3. The van der Waals surface area contributed by atoms with Crippen LogP contribution in [0.5, 0.6) is 5.75 Å². The molecule has 8 heteroatoms. The molecule has 136 valence electrons. The first-order valence-electron chi connectivity index (χ1n) is 8.20. The fraction of sp³-hybridized carbons (Fsp3) is 0.471. The number of hydrogen-bond acceptors (Lipinski definition) is 7. The van der Waals surface area contributed by atoms with Crippen LogP contribution in [0.3, 0.4) is 0 Å². The molecule has 0 aliphatic carbocycles. The number of ether oxygens (including phenoxy) is 1. The standard InChI is InChI=1S/C17H24N4O2S2/c1-4-5-10-18-16-19-20-17(25-16)24-12-15(22)21(2)11-13-8-6-7-9-14(13)23-3/h6-9H,4-5,10-12H2,1-3H3,(H,18,19). The summed E-state index contributed by atoms with van der Waals surface area (Å²) < 4.78 is 6.14. The smallest absolute Gasteiger partial charge is 0.233 e. The highest BCUT2D eigenvalue weighted by Gasteiger charge is 2.14. The molecule has 25 heavy (non-hydrogen) atoms. The summed E-state index contributed by atoms with van der Waals surface area (Å²) in [6, 6.07) is 7.73. The van der Waals surface area contributed by atoms with Gasteiger partial charge in [0.15, 0.2) is 4.34 Å². The molecule has 0 aliphatic heterocycles. The van der Waals surface area contributed by atoms with Gasteiger partial charge in [-0.25, -0.2) is 0 Å². The number of thioether (sulfide) groups is 1. The number of rotatable bonds is 10. The van der Waals surface area contributed by atoms with Gasteiger partial charge >= 0.3 is 0 Å². The van der Waals surface area contributed by atoms with Crippen molar-refractivity contribution in [3.05, 3.63) is 29.8 Å². The van der Waals surface area contributed by atoms with Crippen LogP contribution in [-0.4, -0.2) is 47.5 Å². The van der Waals surface area contributed by atoms with E-state index in [0.717, 1.165) is 40.2 Å². The molecule has 0 bridgehead atoms. The first-order valence-corrected chi connectivity index (χ1v) is 10.00. The van der Waals surface area contributed by atoms with E-state index >= 15 is 0 Å². The number of hydrogen-bond donors (Lipinski definition) is 1. The van der Waals surface area contributed by atoms with E-state index in [1.807, 2.05) is 24.3 Å². The second kappa shape index (κ2) is 10.2. The number of anilines is 1. The Labute approximate surface area is 157 Å². The van der Waals surface area contributed by atoms with Gasteiger partial charge in [0, 0.05) is 25.7 Å². The number of nitrogens with one attached hydrogen (secondary N) is 1. The van der Waals surface area contributed by atoms with Crippen LogP contribution >= 0.6 is 23.1 Å². The minimum absolute atomic E-state index is 0.0478. The quantitative estimate of drug-likeness (QED) is 0.503. The Balaban J connectivity index is 1.81. The van der Waals surface area contributed by atoms with E-state index in [1.54, 1.807) is 19.1 Å². The third-order valence-corrected chi connectivity index (χ3v) is 5.56. The lowest BCUT2D eigenvalue weighted by Crippen LogP contribution is -2.27. The van der Waals surface area contributed by atoms with Gasteiger partial charge in [0.1, 0.15) is 5.75 Å². The molecular formula is C17H24N4O2S2.